The molecule has 0 radical (unpaired) electrons. The number of halogens is 1. The summed E-state index contributed by atoms with van der Waals surface area (Å²) in [6, 6.07) is 4.70. The van der Waals surface area contributed by atoms with Crippen LogP contribution in [0.25, 0.3) is 0 Å². The zero-order valence-corrected chi connectivity index (χ0v) is 11.7. The standard InChI is InChI=1S/C10H14BrNO3S/c1-7(2)12-16(13,14)10-6-8(11)4-5-9(10)15-3/h4-7,12H,1-3H3. The summed E-state index contributed by atoms with van der Waals surface area (Å²) in [4.78, 5) is 0.137. The van der Waals surface area contributed by atoms with Gasteiger partial charge in [0.2, 0.25) is 10.0 Å². The highest BCUT2D eigenvalue weighted by Crippen LogP contribution is 2.27. The molecule has 0 heterocycles. The second kappa shape index (κ2) is 5.16. The van der Waals surface area contributed by atoms with E-state index >= 15 is 0 Å². The quantitative estimate of drug-likeness (QED) is 0.927. The van der Waals surface area contributed by atoms with Gasteiger partial charge in [-0.25, -0.2) is 13.1 Å². The molecule has 1 aromatic rings. The van der Waals surface area contributed by atoms with Gasteiger partial charge >= 0.3 is 0 Å². The fourth-order valence-electron chi connectivity index (χ4n) is 1.23. The van der Waals surface area contributed by atoms with Gasteiger partial charge in [0.05, 0.1) is 7.11 Å². The third-order valence-corrected chi connectivity index (χ3v) is 3.98. The molecular weight excluding hydrogens is 294 g/mol. The van der Waals surface area contributed by atoms with Crippen LogP contribution in [0, 0.1) is 0 Å². The lowest BCUT2D eigenvalue weighted by molar-refractivity contribution is 0.402. The van der Waals surface area contributed by atoms with E-state index in [4.69, 9.17) is 4.74 Å². The minimum atomic E-state index is -3.53. The molecule has 0 saturated carbocycles. The van der Waals surface area contributed by atoms with Gasteiger partial charge in [-0.1, -0.05) is 15.9 Å². The third-order valence-electron chi connectivity index (χ3n) is 1.81. The summed E-state index contributed by atoms with van der Waals surface area (Å²) in [6.07, 6.45) is 0. The fourth-order valence-corrected chi connectivity index (χ4v) is 3.19. The first-order valence-electron chi connectivity index (χ1n) is 4.72. The summed E-state index contributed by atoms with van der Waals surface area (Å²) < 4.78 is 32.2. The summed E-state index contributed by atoms with van der Waals surface area (Å²) in [7, 11) is -2.09. The van der Waals surface area contributed by atoms with Crippen LogP contribution in [-0.4, -0.2) is 21.6 Å². The van der Waals surface area contributed by atoms with Crippen molar-refractivity contribution in [2.75, 3.05) is 7.11 Å². The smallest absolute Gasteiger partial charge is 0.244 e. The summed E-state index contributed by atoms with van der Waals surface area (Å²) in [6.45, 7) is 3.53. The number of sulfonamides is 1. The fraction of sp³-hybridized carbons (Fsp3) is 0.400. The molecule has 0 aliphatic carbocycles. The largest absolute Gasteiger partial charge is 0.495 e. The highest BCUT2D eigenvalue weighted by atomic mass is 79.9. The maximum atomic E-state index is 12.0. The maximum Gasteiger partial charge on any atom is 0.244 e. The Morgan fingerprint density at radius 2 is 2.00 bits per heavy atom. The van der Waals surface area contributed by atoms with E-state index in [2.05, 4.69) is 20.7 Å². The lowest BCUT2D eigenvalue weighted by atomic mass is 10.3. The highest BCUT2D eigenvalue weighted by molar-refractivity contribution is 9.10. The molecule has 0 fully saturated rings. The number of benzene rings is 1. The highest BCUT2D eigenvalue weighted by Gasteiger charge is 2.20. The molecule has 16 heavy (non-hydrogen) atoms. The maximum absolute atomic E-state index is 12.0. The summed E-state index contributed by atoms with van der Waals surface area (Å²) in [5, 5.41) is 0. The van der Waals surface area contributed by atoms with E-state index < -0.39 is 10.0 Å². The molecular formula is C10H14BrNO3S. The van der Waals surface area contributed by atoms with Gasteiger partial charge < -0.3 is 4.74 Å². The van der Waals surface area contributed by atoms with Gasteiger partial charge in [0, 0.05) is 10.5 Å². The number of hydrogen-bond acceptors (Lipinski definition) is 3. The number of nitrogens with one attached hydrogen (secondary N) is 1. The Bertz CT molecular complexity index is 471. The lowest BCUT2D eigenvalue weighted by Crippen LogP contribution is -2.30. The average Bonchev–Trinajstić information content (AvgIpc) is 2.15. The van der Waals surface area contributed by atoms with Crippen LogP contribution in [0.15, 0.2) is 27.6 Å². The van der Waals surface area contributed by atoms with Crippen LogP contribution in [0.4, 0.5) is 0 Å². The van der Waals surface area contributed by atoms with Gasteiger partial charge in [0.1, 0.15) is 10.6 Å². The van der Waals surface area contributed by atoms with Crippen molar-refractivity contribution < 1.29 is 13.2 Å². The monoisotopic (exact) mass is 307 g/mol. The number of hydrogen-bond donors (Lipinski definition) is 1. The van der Waals surface area contributed by atoms with E-state index in [1.54, 1.807) is 26.0 Å². The molecule has 0 aromatic heterocycles. The average molecular weight is 308 g/mol. The van der Waals surface area contributed by atoms with Gasteiger partial charge in [-0.15, -0.1) is 0 Å². The van der Waals surface area contributed by atoms with Gasteiger partial charge in [-0.3, -0.25) is 0 Å². The summed E-state index contributed by atoms with van der Waals surface area (Å²) in [5.74, 6) is 0.330. The Morgan fingerprint density at radius 1 is 1.38 bits per heavy atom. The first-order valence-corrected chi connectivity index (χ1v) is 7.00. The van der Waals surface area contributed by atoms with Crippen LogP contribution < -0.4 is 9.46 Å². The van der Waals surface area contributed by atoms with Crippen LogP contribution in [0.5, 0.6) is 5.75 Å². The molecule has 1 aromatic carbocycles. The van der Waals surface area contributed by atoms with Crippen molar-refractivity contribution in [3.05, 3.63) is 22.7 Å². The first-order chi connectivity index (χ1) is 7.36. The molecule has 0 bridgehead atoms. The summed E-state index contributed by atoms with van der Waals surface area (Å²) >= 11 is 3.24. The molecule has 0 aliphatic rings. The molecule has 0 unspecified atom stereocenters. The number of methoxy groups -OCH3 is 1. The zero-order chi connectivity index (χ0) is 12.3. The van der Waals surface area contributed by atoms with E-state index in [-0.39, 0.29) is 10.9 Å². The van der Waals surface area contributed by atoms with E-state index in [0.717, 1.165) is 0 Å². The lowest BCUT2D eigenvalue weighted by Gasteiger charge is -2.12. The van der Waals surface area contributed by atoms with Gasteiger partial charge in [0.15, 0.2) is 0 Å². The Kier molecular flexibility index (Phi) is 4.35. The predicted molar refractivity (Wildman–Crippen MR) is 66.2 cm³/mol. The van der Waals surface area contributed by atoms with Crippen LogP contribution in [-0.2, 0) is 10.0 Å². The molecule has 90 valence electrons. The molecule has 1 rings (SSSR count). The zero-order valence-electron chi connectivity index (χ0n) is 9.32. The molecule has 0 aliphatic heterocycles. The van der Waals surface area contributed by atoms with Gasteiger partial charge in [-0.2, -0.15) is 0 Å². The van der Waals surface area contributed by atoms with Gasteiger partial charge in [0.25, 0.3) is 0 Å². The number of ether oxygens (including phenoxy) is 1. The van der Waals surface area contributed by atoms with Crippen molar-refractivity contribution in [1.29, 1.82) is 0 Å². The minimum absolute atomic E-state index is 0.137. The molecule has 0 saturated heterocycles. The first kappa shape index (κ1) is 13.5. The van der Waals surface area contributed by atoms with Gasteiger partial charge in [-0.05, 0) is 32.0 Å². The van der Waals surface area contributed by atoms with Crippen molar-refractivity contribution in [3.8, 4) is 5.75 Å². The van der Waals surface area contributed by atoms with Crippen molar-refractivity contribution in [1.82, 2.24) is 4.72 Å². The van der Waals surface area contributed by atoms with E-state index in [9.17, 15) is 8.42 Å². The number of rotatable bonds is 4. The second-order valence-corrected chi connectivity index (χ2v) is 6.17. The molecule has 0 amide bonds. The van der Waals surface area contributed by atoms with Crippen LogP contribution in [0.2, 0.25) is 0 Å². The normalized spacial score (nSPS) is 11.8. The van der Waals surface area contributed by atoms with E-state index in [1.807, 2.05) is 0 Å². The van der Waals surface area contributed by atoms with E-state index in [1.165, 1.54) is 13.2 Å². The van der Waals surface area contributed by atoms with Crippen molar-refractivity contribution >= 4 is 26.0 Å². The van der Waals surface area contributed by atoms with Crippen molar-refractivity contribution in [2.24, 2.45) is 0 Å². The van der Waals surface area contributed by atoms with Crippen LogP contribution in [0.3, 0.4) is 0 Å². The summed E-state index contributed by atoms with van der Waals surface area (Å²) in [5.41, 5.74) is 0. The second-order valence-electron chi connectivity index (χ2n) is 3.57. The van der Waals surface area contributed by atoms with Crippen molar-refractivity contribution in [3.63, 3.8) is 0 Å². The van der Waals surface area contributed by atoms with E-state index in [0.29, 0.717) is 10.2 Å². The Balaban J connectivity index is 3.25. The van der Waals surface area contributed by atoms with Crippen molar-refractivity contribution in [2.45, 2.75) is 24.8 Å². The van der Waals surface area contributed by atoms with Crippen LogP contribution >= 0.6 is 15.9 Å². The molecule has 0 atom stereocenters. The van der Waals surface area contributed by atoms with Crippen LogP contribution in [0.1, 0.15) is 13.8 Å². The molecule has 0 spiro atoms. The molecule has 1 N–H and O–H groups in total. The predicted octanol–water partition coefficient (Wildman–Crippen LogP) is 2.14. The Morgan fingerprint density at radius 3 is 2.50 bits per heavy atom. The Labute approximate surface area is 104 Å². The molecule has 4 nitrogen and oxygen atoms in total. The Hall–Kier alpha value is -0.590. The SMILES string of the molecule is COc1ccc(Br)cc1S(=O)(=O)NC(C)C. The molecule has 6 heteroatoms. The minimum Gasteiger partial charge on any atom is -0.495 e. The third kappa shape index (κ3) is 3.20. The topological polar surface area (TPSA) is 55.4 Å².